The average molecular weight is 1080 g/mol. The summed E-state index contributed by atoms with van der Waals surface area (Å²) in [5.74, 6) is -0.0551. The van der Waals surface area contributed by atoms with Crippen LogP contribution in [0.1, 0.15) is 380 Å². The molecule has 1 amide bonds. The molecule has 2 atom stereocenters. The molecule has 6 heteroatoms. The molecule has 0 rings (SSSR count). The molecule has 77 heavy (non-hydrogen) atoms. The number of allylic oxidation sites excluding steroid dienone is 5. The van der Waals surface area contributed by atoms with Gasteiger partial charge in [0.25, 0.3) is 0 Å². The van der Waals surface area contributed by atoms with Crippen LogP contribution < -0.4 is 5.32 Å². The molecule has 0 aliphatic carbocycles. The Morgan fingerprint density at radius 1 is 0.364 bits per heavy atom. The number of esters is 1. The van der Waals surface area contributed by atoms with E-state index in [-0.39, 0.29) is 18.5 Å². The molecule has 0 saturated carbocycles. The molecule has 0 heterocycles. The van der Waals surface area contributed by atoms with Crippen LogP contribution in [0.15, 0.2) is 36.5 Å². The number of hydrogen-bond acceptors (Lipinski definition) is 5. The van der Waals surface area contributed by atoms with Crippen molar-refractivity contribution in [3.05, 3.63) is 36.5 Å². The standard InChI is InChI=1S/C71H135NO5/c1-3-5-7-9-11-13-15-41-45-49-53-57-61-65-71(76)77-66-62-58-54-50-46-43-40-38-36-34-32-30-28-26-24-22-20-18-16-17-19-21-23-25-27-29-31-33-35-37-39-42-44-48-52-56-60-64-70(75)72-68(67-73)69(74)63-59-55-51-47-14-12-10-8-6-4-2/h7,9,13,15,59,63,68-69,73-74H,3-6,8,10-12,14,16-58,60-62,64-67H2,1-2H3,(H,72,75)/b9-7-,15-13-,63-59+. The molecule has 2 unspecified atom stereocenters. The van der Waals surface area contributed by atoms with Crippen LogP contribution in [0.5, 0.6) is 0 Å². The Morgan fingerprint density at radius 2 is 0.675 bits per heavy atom. The minimum atomic E-state index is -0.838. The Kier molecular flexibility index (Phi) is 64.9. The van der Waals surface area contributed by atoms with E-state index in [1.165, 1.54) is 302 Å². The topological polar surface area (TPSA) is 95.9 Å². The van der Waals surface area contributed by atoms with Crippen molar-refractivity contribution in [3.8, 4) is 0 Å². The van der Waals surface area contributed by atoms with E-state index in [0.717, 1.165) is 51.4 Å². The summed E-state index contributed by atoms with van der Waals surface area (Å²) in [4.78, 5) is 24.5. The van der Waals surface area contributed by atoms with E-state index in [9.17, 15) is 19.8 Å². The summed E-state index contributed by atoms with van der Waals surface area (Å²) < 4.78 is 5.48. The minimum Gasteiger partial charge on any atom is -0.466 e. The Labute approximate surface area is 481 Å². The second-order valence-corrected chi connectivity index (χ2v) is 23.9. The van der Waals surface area contributed by atoms with Crippen molar-refractivity contribution in [3.63, 3.8) is 0 Å². The van der Waals surface area contributed by atoms with Gasteiger partial charge in [0.2, 0.25) is 5.91 Å². The third-order valence-electron chi connectivity index (χ3n) is 16.1. The molecule has 0 radical (unpaired) electrons. The Hall–Kier alpha value is -1.92. The van der Waals surface area contributed by atoms with E-state index in [4.69, 9.17) is 4.74 Å². The number of hydrogen-bond donors (Lipinski definition) is 3. The van der Waals surface area contributed by atoms with Crippen LogP contribution in [-0.2, 0) is 14.3 Å². The Morgan fingerprint density at radius 3 is 1.04 bits per heavy atom. The summed E-state index contributed by atoms with van der Waals surface area (Å²) in [5.41, 5.74) is 0. The Balaban J connectivity index is 3.28. The van der Waals surface area contributed by atoms with Gasteiger partial charge in [-0.05, 0) is 57.8 Å². The number of unbranched alkanes of at least 4 members (excludes halogenated alkanes) is 50. The maximum Gasteiger partial charge on any atom is 0.305 e. The molecule has 0 aliphatic heterocycles. The summed E-state index contributed by atoms with van der Waals surface area (Å²) >= 11 is 0. The molecular formula is C71H135NO5. The molecule has 0 aromatic carbocycles. The molecule has 0 spiro atoms. The lowest BCUT2D eigenvalue weighted by Crippen LogP contribution is -2.45. The van der Waals surface area contributed by atoms with E-state index in [2.05, 4.69) is 43.5 Å². The Bertz CT molecular complexity index is 1250. The van der Waals surface area contributed by atoms with Gasteiger partial charge in [-0.1, -0.05) is 346 Å². The lowest BCUT2D eigenvalue weighted by atomic mass is 10.0. The quantitative estimate of drug-likeness (QED) is 0.0320. The van der Waals surface area contributed by atoms with Gasteiger partial charge in [-0.25, -0.2) is 0 Å². The van der Waals surface area contributed by atoms with E-state index < -0.39 is 12.1 Å². The zero-order chi connectivity index (χ0) is 55.7. The van der Waals surface area contributed by atoms with Gasteiger partial charge in [0.05, 0.1) is 25.4 Å². The van der Waals surface area contributed by atoms with Gasteiger partial charge in [0, 0.05) is 12.8 Å². The number of aliphatic hydroxyl groups is 2. The monoisotopic (exact) mass is 1080 g/mol. The first kappa shape index (κ1) is 75.1. The number of carbonyl (C=O) groups is 2. The van der Waals surface area contributed by atoms with Crippen molar-refractivity contribution in [1.29, 1.82) is 0 Å². The van der Waals surface area contributed by atoms with Crippen molar-refractivity contribution in [2.24, 2.45) is 0 Å². The molecule has 0 bridgehead atoms. The minimum absolute atomic E-state index is 0.00778. The van der Waals surface area contributed by atoms with E-state index in [0.29, 0.717) is 19.4 Å². The van der Waals surface area contributed by atoms with Gasteiger partial charge in [0.15, 0.2) is 0 Å². The van der Waals surface area contributed by atoms with Crippen LogP contribution in [0.3, 0.4) is 0 Å². The van der Waals surface area contributed by atoms with E-state index >= 15 is 0 Å². The molecular weight excluding hydrogens is 947 g/mol. The summed E-state index contributed by atoms with van der Waals surface area (Å²) in [6.45, 7) is 4.84. The first-order chi connectivity index (χ1) is 38.0. The fourth-order valence-corrected chi connectivity index (χ4v) is 10.9. The smallest absolute Gasteiger partial charge is 0.305 e. The van der Waals surface area contributed by atoms with Crippen LogP contribution in [0, 0.1) is 0 Å². The third kappa shape index (κ3) is 63.1. The first-order valence-corrected chi connectivity index (χ1v) is 34.8. The van der Waals surface area contributed by atoms with Crippen LogP contribution >= 0.6 is 0 Å². The maximum atomic E-state index is 12.4. The zero-order valence-electron chi connectivity index (χ0n) is 52.0. The van der Waals surface area contributed by atoms with Crippen LogP contribution in [0.25, 0.3) is 0 Å². The lowest BCUT2D eigenvalue weighted by Gasteiger charge is -2.20. The van der Waals surface area contributed by atoms with Gasteiger partial charge >= 0.3 is 5.97 Å². The molecule has 0 aromatic heterocycles. The number of aliphatic hydroxyl groups excluding tert-OH is 2. The molecule has 0 fully saturated rings. The maximum absolute atomic E-state index is 12.4. The summed E-state index contributed by atoms with van der Waals surface area (Å²) in [6.07, 6.45) is 85.4. The highest BCUT2D eigenvalue weighted by molar-refractivity contribution is 5.76. The van der Waals surface area contributed by atoms with Crippen molar-refractivity contribution < 1.29 is 24.5 Å². The van der Waals surface area contributed by atoms with Crippen molar-refractivity contribution >= 4 is 11.9 Å². The number of carbonyl (C=O) groups excluding carboxylic acids is 2. The van der Waals surface area contributed by atoms with Gasteiger partial charge in [-0.15, -0.1) is 0 Å². The zero-order valence-corrected chi connectivity index (χ0v) is 52.0. The second-order valence-electron chi connectivity index (χ2n) is 23.9. The van der Waals surface area contributed by atoms with Gasteiger partial charge < -0.3 is 20.3 Å². The number of ether oxygens (including phenoxy) is 1. The van der Waals surface area contributed by atoms with Crippen LogP contribution in [-0.4, -0.2) is 47.4 Å². The van der Waals surface area contributed by atoms with Gasteiger partial charge in [-0.3, -0.25) is 9.59 Å². The van der Waals surface area contributed by atoms with E-state index in [1.54, 1.807) is 6.08 Å². The molecule has 0 aromatic rings. The largest absolute Gasteiger partial charge is 0.466 e. The molecule has 0 aliphatic rings. The van der Waals surface area contributed by atoms with Gasteiger partial charge in [0.1, 0.15) is 0 Å². The van der Waals surface area contributed by atoms with Crippen molar-refractivity contribution in [2.75, 3.05) is 13.2 Å². The van der Waals surface area contributed by atoms with Crippen LogP contribution in [0.4, 0.5) is 0 Å². The summed E-state index contributed by atoms with van der Waals surface area (Å²) in [6, 6.07) is -0.621. The van der Waals surface area contributed by atoms with Gasteiger partial charge in [-0.2, -0.15) is 0 Å². The molecule has 6 nitrogen and oxygen atoms in total. The average Bonchev–Trinajstić information content (AvgIpc) is 3.43. The SMILES string of the molecule is CCC/C=C\C/C=C\CCCCCCCC(=O)OCCCCCCCCCCCCCCCCCCCCCCCCCCCCCCCCCCCCCCCC(=O)NC(CO)C(O)/C=C/CCCCCCCCCC. The highest BCUT2D eigenvalue weighted by Crippen LogP contribution is 2.19. The highest BCUT2D eigenvalue weighted by atomic mass is 16.5. The normalized spacial score (nSPS) is 12.7. The van der Waals surface area contributed by atoms with Crippen molar-refractivity contribution in [1.82, 2.24) is 5.32 Å². The summed E-state index contributed by atoms with van der Waals surface area (Å²) in [5, 5.41) is 23.0. The second kappa shape index (κ2) is 66.6. The number of amides is 1. The van der Waals surface area contributed by atoms with Crippen molar-refractivity contribution in [2.45, 2.75) is 392 Å². The summed E-state index contributed by atoms with van der Waals surface area (Å²) in [7, 11) is 0. The number of nitrogens with one attached hydrogen (secondary N) is 1. The lowest BCUT2D eigenvalue weighted by molar-refractivity contribution is -0.143. The number of rotatable bonds is 65. The predicted octanol–water partition coefficient (Wildman–Crippen LogP) is 22.3. The highest BCUT2D eigenvalue weighted by Gasteiger charge is 2.18. The third-order valence-corrected chi connectivity index (χ3v) is 16.1. The molecule has 0 saturated heterocycles. The predicted molar refractivity (Wildman–Crippen MR) is 338 cm³/mol. The molecule has 3 N–H and O–H groups in total. The fraction of sp³-hybridized carbons (Fsp3) is 0.887. The molecule has 454 valence electrons. The van der Waals surface area contributed by atoms with E-state index in [1.807, 2.05) is 6.08 Å². The fourth-order valence-electron chi connectivity index (χ4n) is 10.9. The van der Waals surface area contributed by atoms with Crippen LogP contribution in [0.2, 0.25) is 0 Å². The first-order valence-electron chi connectivity index (χ1n) is 34.8.